The van der Waals surface area contributed by atoms with Crippen molar-refractivity contribution in [3.8, 4) is 0 Å². The van der Waals surface area contributed by atoms with Gasteiger partial charge in [-0.15, -0.1) is 0 Å². The van der Waals surface area contributed by atoms with Gasteiger partial charge >= 0.3 is 0 Å². The van der Waals surface area contributed by atoms with Crippen molar-refractivity contribution in [2.75, 3.05) is 38.0 Å². The topological polar surface area (TPSA) is 48.5 Å². The lowest BCUT2D eigenvalue weighted by Crippen LogP contribution is -2.45. The molecule has 2 aliphatic heterocycles. The zero-order chi connectivity index (χ0) is 18.5. The van der Waals surface area contributed by atoms with Crippen molar-refractivity contribution in [1.29, 1.82) is 0 Å². The molecule has 1 amide bonds. The fourth-order valence-electron chi connectivity index (χ4n) is 4.15. The van der Waals surface area contributed by atoms with Crippen molar-refractivity contribution >= 4 is 11.7 Å². The first-order valence-electron chi connectivity index (χ1n) is 10.3. The maximum atomic E-state index is 13.1. The third kappa shape index (κ3) is 4.97. The minimum atomic E-state index is 0.123. The van der Waals surface area contributed by atoms with E-state index in [0.717, 1.165) is 32.0 Å². The summed E-state index contributed by atoms with van der Waals surface area (Å²) in [5.41, 5.74) is 0.702. The molecule has 1 aromatic heterocycles. The molecule has 0 aromatic carbocycles. The molecular weight excluding hydrogens is 324 g/mol. The fourth-order valence-corrected chi connectivity index (χ4v) is 4.15. The van der Waals surface area contributed by atoms with Crippen LogP contribution in [0.4, 0.5) is 5.82 Å². The molecule has 144 valence electrons. The summed E-state index contributed by atoms with van der Waals surface area (Å²) in [7, 11) is 0. The number of pyridine rings is 1. The number of carbonyl (C=O) groups excluding carboxylic acids is 1. The van der Waals surface area contributed by atoms with Gasteiger partial charge in [0.2, 0.25) is 0 Å². The van der Waals surface area contributed by atoms with E-state index in [2.05, 4.69) is 36.0 Å². The summed E-state index contributed by atoms with van der Waals surface area (Å²) in [6.45, 7) is 11.8. The van der Waals surface area contributed by atoms with Gasteiger partial charge in [-0.1, -0.05) is 6.92 Å². The van der Waals surface area contributed by atoms with E-state index >= 15 is 0 Å². The number of carbonyl (C=O) groups is 1. The van der Waals surface area contributed by atoms with Crippen molar-refractivity contribution < 1.29 is 4.79 Å². The number of hydrogen-bond donors (Lipinski definition) is 1. The Labute approximate surface area is 158 Å². The highest BCUT2D eigenvalue weighted by atomic mass is 16.2. The lowest BCUT2D eigenvalue weighted by Gasteiger charge is -2.38. The van der Waals surface area contributed by atoms with Crippen molar-refractivity contribution in [2.24, 2.45) is 11.8 Å². The molecule has 3 rings (SSSR count). The fraction of sp³-hybridized carbons (Fsp3) is 0.714. The Morgan fingerprint density at radius 1 is 1.27 bits per heavy atom. The van der Waals surface area contributed by atoms with Crippen LogP contribution in [0.5, 0.6) is 0 Å². The molecule has 1 atom stereocenters. The Balaban J connectivity index is 1.61. The summed E-state index contributed by atoms with van der Waals surface area (Å²) in [4.78, 5) is 22.2. The molecule has 0 bridgehead atoms. The van der Waals surface area contributed by atoms with Crippen molar-refractivity contribution in [2.45, 2.75) is 52.5 Å². The van der Waals surface area contributed by atoms with Gasteiger partial charge in [0, 0.05) is 31.9 Å². The summed E-state index contributed by atoms with van der Waals surface area (Å²) in [6, 6.07) is 4.01. The number of hydrogen-bond acceptors (Lipinski definition) is 4. The first kappa shape index (κ1) is 19.2. The Hall–Kier alpha value is -1.62. The second-order valence-electron chi connectivity index (χ2n) is 8.44. The molecule has 5 nitrogen and oxygen atoms in total. The van der Waals surface area contributed by atoms with Crippen molar-refractivity contribution in [3.05, 3.63) is 23.9 Å². The molecule has 26 heavy (non-hydrogen) atoms. The highest BCUT2D eigenvalue weighted by Crippen LogP contribution is 2.24. The van der Waals surface area contributed by atoms with Gasteiger partial charge in [-0.2, -0.15) is 0 Å². The van der Waals surface area contributed by atoms with E-state index in [0.29, 0.717) is 17.3 Å². The summed E-state index contributed by atoms with van der Waals surface area (Å²) in [5, 5.41) is 3.31. The number of likely N-dealkylation sites (tertiary alicyclic amines) is 2. The van der Waals surface area contributed by atoms with E-state index in [1.54, 1.807) is 6.20 Å². The second kappa shape index (κ2) is 8.85. The van der Waals surface area contributed by atoms with Gasteiger partial charge in [0.15, 0.2) is 0 Å². The number of nitrogens with one attached hydrogen (secondary N) is 1. The lowest BCUT2D eigenvalue weighted by atomic mass is 9.94. The zero-order valence-electron chi connectivity index (χ0n) is 16.6. The van der Waals surface area contributed by atoms with Crippen LogP contribution in [0.2, 0.25) is 0 Å². The van der Waals surface area contributed by atoms with Crippen molar-refractivity contribution in [1.82, 2.24) is 14.8 Å². The Bertz CT molecular complexity index is 595. The molecule has 0 radical (unpaired) electrons. The summed E-state index contributed by atoms with van der Waals surface area (Å²) >= 11 is 0. The summed E-state index contributed by atoms with van der Waals surface area (Å²) in [5.74, 6) is 2.30. The van der Waals surface area contributed by atoms with Gasteiger partial charge in [-0.05, 0) is 76.6 Å². The Morgan fingerprint density at radius 3 is 2.77 bits per heavy atom. The van der Waals surface area contributed by atoms with Gasteiger partial charge in [0.1, 0.15) is 5.82 Å². The third-order valence-electron chi connectivity index (χ3n) is 5.66. The highest BCUT2D eigenvalue weighted by Gasteiger charge is 2.28. The number of amides is 1. The maximum absolute atomic E-state index is 13.1. The molecule has 5 heteroatoms. The van der Waals surface area contributed by atoms with Crippen LogP contribution in [0.1, 0.15) is 56.8 Å². The van der Waals surface area contributed by atoms with Crippen molar-refractivity contribution in [3.63, 3.8) is 0 Å². The molecule has 3 heterocycles. The molecule has 2 aliphatic rings. The number of aromatic nitrogens is 1. The Morgan fingerprint density at radius 2 is 2.04 bits per heavy atom. The SMILES string of the molecule is CC1CCN(CC2CCCN(C(=O)c3cccnc3NC(C)C)C2)CC1. The van der Waals surface area contributed by atoms with Crippen LogP contribution in [-0.4, -0.2) is 59.5 Å². The molecule has 0 spiro atoms. The van der Waals surface area contributed by atoms with E-state index < -0.39 is 0 Å². The molecule has 2 saturated heterocycles. The van der Waals surface area contributed by atoms with Gasteiger partial charge in [-0.25, -0.2) is 4.98 Å². The third-order valence-corrected chi connectivity index (χ3v) is 5.66. The van der Waals surface area contributed by atoms with Crippen LogP contribution < -0.4 is 5.32 Å². The summed E-state index contributed by atoms with van der Waals surface area (Å²) < 4.78 is 0. The number of nitrogens with zero attached hydrogens (tertiary/aromatic N) is 3. The van der Waals surface area contributed by atoms with Crippen LogP contribution in [0.25, 0.3) is 0 Å². The average molecular weight is 359 g/mol. The predicted octanol–water partition coefficient (Wildman–Crippen LogP) is 3.49. The standard InChI is InChI=1S/C21H34N4O/c1-16(2)23-20-19(7-4-10-22-20)21(26)25-11-5-6-18(15-25)14-24-12-8-17(3)9-13-24/h4,7,10,16-18H,5-6,8-9,11-15H2,1-3H3,(H,22,23). The second-order valence-corrected chi connectivity index (χ2v) is 8.44. The van der Waals surface area contributed by atoms with E-state index in [1.807, 2.05) is 17.0 Å². The van der Waals surface area contributed by atoms with E-state index in [-0.39, 0.29) is 11.9 Å². The Kier molecular flexibility index (Phi) is 6.52. The van der Waals surface area contributed by atoms with Gasteiger partial charge in [0.05, 0.1) is 5.56 Å². The maximum Gasteiger partial charge on any atom is 0.257 e. The van der Waals surface area contributed by atoms with E-state index in [4.69, 9.17) is 0 Å². The quantitative estimate of drug-likeness (QED) is 0.875. The predicted molar refractivity (Wildman–Crippen MR) is 106 cm³/mol. The van der Waals surface area contributed by atoms with Crippen LogP contribution in [0.3, 0.4) is 0 Å². The number of piperidine rings is 2. The molecule has 1 aromatic rings. The van der Waals surface area contributed by atoms with Gasteiger partial charge < -0.3 is 15.1 Å². The minimum Gasteiger partial charge on any atom is -0.367 e. The van der Waals surface area contributed by atoms with Crippen LogP contribution >= 0.6 is 0 Å². The van der Waals surface area contributed by atoms with Gasteiger partial charge in [0.25, 0.3) is 5.91 Å². The molecule has 0 aliphatic carbocycles. The largest absolute Gasteiger partial charge is 0.367 e. The molecule has 2 fully saturated rings. The van der Waals surface area contributed by atoms with Crippen LogP contribution in [-0.2, 0) is 0 Å². The summed E-state index contributed by atoms with van der Waals surface area (Å²) in [6.07, 6.45) is 6.72. The number of anilines is 1. The van der Waals surface area contributed by atoms with Gasteiger partial charge in [-0.3, -0.25) is 4.79 Å². The molecule has 1 N–H and O–H groups in total. The first-order chi connectivity index (χ1) is 12.5. The smallest absolute Gasteiger partial charge is 0.257 e. The van der Waals surface area contributed by atoms with E-state index in [1.165, 1.54) is 32.4 Å². The van der Waals surface area contributed by atoms with E-state index in [9.17, 15) is 4.79 Å². The first-order valence-corrected chi connectivity index (χ1v) is 10.3. The monoisotopic (exact) mass is 358 g/mol. The van der Waals surface area contributed by atoms with Crippen LogP contribution in [0, 0.1) is 11.8 Å². The zero-order valence-corrected chi connectivity index (χ0v) is 16.6. The lowest BCUT2D eigenvalue weighted by molar-refractivity contribution is 0.0623. The number of rotatable bonds is 5. The molecule has 0 saturated carbocycles. The van der Waals surface area contributed by atoms with Crippen LogP contribution in [0.15, 0.2) is 18.3 Å². The highest BCUT2D eigenvalue weighted by molar-refractivity contribution is 5.98. The molecular formula is C21H34N4O. The normalized spacial score (nSPS) is 22.6. The minimum absolute atomic E-state index is 0.123. The molecule has 1 unspecified atom stereocenters. The average Bonchev–Trinajstić information content (AvgIpc) is 2.63.